The van der Waals surface area contributed by atoms with E-state index in [1.54, 1.807) is 19.5 Å². The first kappa shape index (κ1) is 12.3. The maximum atomic E-state index is 9.42. The molecule has 0 unspecified atom stereocenters. The van der Waals surface area contributed by atoms with Crippen LogP contribution >= 0.6 is 0 Å². The maximum absolute atomic E-state index is 9.42. The molecule has 1 aliphatic carbocycles. The van der Waals surface area contributed by atoms with Gasteiger partial charge >= 0.3 is 0 Å². The van der Waals surface area contributed by atoms with Crippen molar-refractivity contribution >= 4 is 0 Å². The van der Waals surface area contributed by atoms with Crippen molar-refractivity contribution < 1.29 is 9.84 Å². The molecular weight excluding hydrogens is 218 g/mol. The fourth-order valence-corrected chi connectivity index (χ4v) is 2.17. The molecule has 1 aromatic rings. The molecule has 0 amide bonds. The highest BCUT2D eigenvalue weighted by atomic mass is 16.5. The van der Waals surface area contributed by atoms with Crippen molar-refractivity contribution in [3.05, 3.63) is 18.1 Å². The van der Waals surface area contributed by atoms with Crippen LogP contribution in [0.2, 0.25) is 0 Å². The number of nitrogens with zero attached hydrogens (tertiary/aromatic N) is 2. The largest absolute Gasteiger partial charge is 0.480 e. The van der Waals surface area contributed by atoms with E-state index in [4.69, 9.17) is 4.74 Å². The molecule has 0 bridgehead atoms. The van der Waals surface area contributed by atoms with E-state index in [1.807, 2.05) is 0 Å². The van der Waals surface area contributed by atoms with Crippen LogP contribution in [0.15, 0.2) is 12.4 Å². The lowest BCUT2D eigenvalue weighted by Crippen LogP contribution is -2.34. The van der Waals surface area contributed by atoms with Gasteiger partial charge in [-0.15, -0.1) is 0 Å². The zero-order valence-corrected chi connectivity index (χ0v) is 10.1. The Morgan fingerprint density at radius 2 is 2.00 bits per heavy atom. The second kappa shape index (κ2) is 5.93. The van der Waals surface area contributed by atoms with Gasteiger partial charge in [0, 0.05) is 25.0 Å². The predicted octanol–water partition coefficient (Wildman–Crippen LogP) is 0.878. The van der Waals surface area contributed by atoms with Crippen molar-refractivity contribution in [2.24, 2.45) is 0 Å². The number of methoxy groups -OCH3 is 1. The number of hydrogen-bond donors (Lipinski definition) is 2. The molecule has 0 aliphatic heterocycles. The third-order valence-electron chi connectivity index (χ3n) is 3.18. The van der Waals surface area contributed by atoms with E-state index in [9.17, 15) is 5.11 Å². The number of ether oxygens (including phenoxy) is 1. The standard InChI is InChI=1S/C12H19N3O2/c1-17-12-11(13-6-7-14-12)8-15-9-2-4-10(16)5-3-9/h6-7,9-10,15-16H,2-5,8H2,1H3. The van der Waals surface area contributed by atoms with E-state index in [0.29, 0.717) is 18.5 Å². The fraction of sp³-hybridized carbons (Fsp3) is 0.667. The highest BCUT2D eigenvalue weighted by Crippen LogP contribution is 2.19. The molecule has 0 radical (unpaired) electrons. The van der Waals surface area contributed by atoms with E-state index >= 15 is 0 Å². The highest BCUT2D eigenvalue weighted by Gasteiger charge is 2.19. The van der Waals surface area contributed by atoms with Crippen LogP contribution in [0.25, 0.3) is 0 Å². The molecule has 1 fully saturated rings. The van der Waals surface area contributed by atoms with Crippen molar-refractivity contribution in [3.63, 3.8) is 0 Å². The first-order valence-corrected chi connectivity index (χ1v) is 6.05. The van der Waals surface area contributed by atoms with Gasteiger partial charge in [-0.3, -0.25) is 4.98 Å². The molecule has 0 spiro atoms. The summed E-state index contributed by atoms with van der Waals surface area (Å²) in [5.74, 6) is 0.579. The van der Waals surface area contributed by atoms with Gasteiger partial charge in [-0.05, 0) is 25.7 Å². The number of nitrogens with one attached hydrogen (secondary N) is 1. The summed E-state index contributed by atoms with van der Waals surface area (Å²) in [6, 6.07) is 0.463. The Balaban J connectivity index is 1.85. The summed E-state index contributed by atoms with van der Waals surface area (Å²) in [6.45, 7) is 0.664. The van der Waals surface area contributed by atoms with Crippen molar-refractivity contribution in [1.29, 1.82) is 0 Å². The van der Waals surface area contributed by atoms with E-state index < -0.39 is 0 Å². The summed E-state index contributed by atoms with van der Waals surface area (Å²) in [7, 11) is 1.60. The Kier molecular flexibility index (Phi) is 4.28. The van der Waals surface area contributed by atoms with Gasteiger partial charge in [0.15, 0.2) is 0 Å². The summed E-state index contributed by atoms with van der Waals surface area (Å²) in [4.78, 5) is 8.36. The molecule has 5 nitrogen and oxygen atoms in total. The quantitative estimate of drug-likeness (QED) is 0.813. The van der Waals surface area contributed by atoms with E-state index in [1.165, 1.54) is 0 Å². The van der Waals surface area contributed by atoms with Crippen LogP contribution in [0.1, 0.15) is 31.4 Å². The molecule has 5 heteroatoms. The molecule has 2 N–H and O–H groups in total. The summed E-state index contributed by atoms with van der Waals surface area (Å²) in [5.41, 5.74) is 0.834. The predicted molar refractivity (Wildman–Crippen MR) is 63.7 cm³/mol. The van der Waals surface area contributed by atoms with Crippen LogP contribution in [0.5, 0.6) is 5.88 Å². The van der Waals surface area contributed by atoms with Gasteiger partial charge in [-0.25, -0.2) is 4.98 Å². The zero-order chi connectivity index (χ0) is 12.1. The van der Waals surface area contributed by atoms with Crippen LogP contribution in [0.4, 0.5) is 0 Å². The molecule has 1 saturated carbocycles. The molecule has 94 valence electrons. The molecular formula is C12H19N3O2. The lowest BCUT2D eigenvalue weighted by atomic mass is 9.93. The van der Waals surface area contributed by atoms with Gasteiger partial charge in [-0.2, -0.15) is 0 Å². The molecule has 1 aliphatic rings. The zero-order valence-electron chi connectivity index (χ0n) is 10.1. The van der Waals surface area contributed by atoms with Crippen molar-refractivity contribution in [3.8, 4) is 5.88 Å². The first-order valence-electron chi connectivity index (χ1n) is 6.05. The van der Waals surface area contributed by atoms with Crippen LogP contribution in [0.3, 0.4) is 0 Å². The molecule has 0 aromatic carbocycles. The first-order chi connectivity index (χ1) is 8.29. The molecule has 2 rings (SSSR count). The van der Waals surface area contributed by atoms with Crippen LogP contribution in [0, 0.1) is 0 Å². The van der Waals surface area contributed by atoms with Gasteiger partial charge in [0.05, 0.1) is 13.2 Å². The van der Waals surface area contributed by atoms with Gasteiger partial charge in [-0.1, -0.05) is 0 Å². The molecule has 0 saturated heterocycles. The Bertz CT molecular complexity index is 351. The third kappa shape index (κ3) is 3.38. The Labute approximate surface area is 101 Å². The second-order valence-corrected chi connectivity index (χ2v) is 4.40. The van der Waals surface area contributed by atoms with Gasteiger partial charge < -0.3 is 15.2 Å². The monoisotopic (exact) mass is 237 g/mol. The van der Waals surface area contributed by atoms with Crippen LogP contribution in [-0.4, -0.2) is 34.3 Å². The van der Waals surface area contributed by atoms with Gasteiger partial charge in [0.25, 0.3) is 0 Å². The Hall–Kier alpha value is -1.20. The minimum Gasteiger partial charge on any atom is -0.480 e. The maximum Gasteiger partial charge on any atom is 0.236 e. The highest BCUT2D eigenvalue weighted by molar-refractivity contribution is 5.16. The summed E-state index contributed by atoms with van der Waals surface area (Å²) >= 11 is 0. The number of aliphatic hydroxyl groups is 1. The van der Waals surface area contributed by atoms with E-state index in [-0.39, 0.29) is 6.10 Å². The van der Waals surface area contributed by atoms with E-state index in [2.05, 4.69) is 15.3 Å². The smallest absolute Gasteiger partial charge is 0.236 e. The Morgan fingerprint density at radius 3 is 2.71 bits per heavy atom. The average molecular weight is 237 g/mol. The Morgan fingerprint density at radius 1 is 1.29 bits per heavy atom. The molecule has 17 heavy (non-hydrogen) atoms. The fourth-order valence-electron chi connectivity index (χ4n) is 2.17. The van der Waals surface area contributed by atoms with Crippen LogP contribution < -0.4 is 10.1 Å². The number of aliphatic hydroxyl groups excluding tert-OH is 1. The van der Waals surface area contributed by atoms with Crippen LogP contribution in [-0.2, 0) is 6.54 Å². The van der Waals surface area contributed by atoms with Crippen molar-refractivity contribution in [1.82, 2.24) is 15.3 Å². The third-order valence-corrected chi connectivity index (χ3v) is 3.18. The average Bonchev–Trinajstić information content (AvgIpc) is 2.38. The lowest BCUT2D eigenvalue weighted by molar-refractivity contribution is 0.116. The number of hydrogen-bond acceptors (Lipinski definition) is 5. The van der Waals surface area contributed by atoms with Gasteiger partial charge in [0.1, 0.15) is 5.69 Å². The van der Waals surface area contributed by atoms with Crippen molar-refractivity contribution in [2.75, 3.05) is 7.11 Å². The minimum absolute atomic E-state index is 0.112. The number of aromatic nitrogens is 2. The lowest BCUT2D eigenvalue weighted by Gasteiger charge is -2.26. The van der Waals surface area contributed by atoms with Gasteiger partial charge in [0.2, 0.25) is 5.88 Å². The van der Waals surface area contributed by atoms with E-state index in [0.717, 1.165) is 31.4 Å². The SMILES string of the molecule is COc1nccnc1CNC1CCC(O)CC1. The molecule has 1 heterocycles. The summed E-state index contributed by atoms with van der Waals surface area (Å²) < 4.78 is 5.15. The number of rotatable bonds is 4. The summed E-state index contributed by atoms with van der Waals surface area (Å²) in [5, 5.41) is 12.9. The molecule has 1 aromatic heterocycles. The topological polar surface area (TPSA) is 67.3 Å². The minimum atomic E-state index is -0.112. The normalized spacial score (nSPS) is 24.6. The summed E-state index contributed by atoms with van der Waals surface area (Å²) in [6.07, 6.45) is 6.99. The second-order valence-electron chi connectivity index (χ2n) is 4.40. The van der Waals surface area contributed by atoms with Crippen molar-refractivity contribution in [2.45, 2.75) is 44.4 Å². The molecule has 0 atom stereocenters.